The van der Waals surface area contributed by atoms with Crippen LogP contribution in [0.1, 0.15) is 35.9 Å². The molecule has 98 valence electrons. The molecule has 5 heteroatoms. The summed E-state index contributed by atoms with van der Waals surface area (Å²) in [7, 11) is -0.730. The van der Waals surface area contributed by atoms with E-state index in [1.165, 1.54) is 12.3 Å². The summed E-state index contributed by atoms with van der Waals surface area (Å²) in [5, 5.41) is 0. The van der Waals surface area contributed by atoms with Crippen LogP contribution in [0.5, 0.6) is 0 Å². The molecule has 1 aliphatic rings. The Morgan fingerprint density at radius 2 is 1.83 bits per heavy atom. The first-order chi connectivity index (χ1) is 10.7. The molecule has 0 aromatic carbocycles. The van der Waals surface area contributed by atoms with Crippen molar-refractivity contribution in [1.29, 1.82) is 0 Å². The van der Waals surface area contributed by atoms with Gasteiger partial charge < -0.3 is 14.2 Å². The molecule has 1 fully saturated rings. The first-order valence-corrected chi connectivity index (χ1v) is 5.77. The first-order valence-electron chi connectivity index (χ1n) is 8.77. The average Bonchev–Trinajstić information content (AvgIpc) is 2.55. The van der Waals surface area contributed by atoms with Crippen molar-refractivity contribution in [1.82, 2.24) is 4.98 Å². The molecule has 2 rings (SSSR count). The van der Waals surface area contributed by atoms with Gasteiger partial charge in [-0.3, -0.25) is 0 Å². The zero-order chi connectivity index (χ0) is 18.6. The smallest absolute Gasteiger partial charge is 0.399 e. The van der Waals surface area contributed by atoms with Gasteiger partial charge in [0.2, 0.25) is 0 Å². The van der Waals surface area contributed by atoms with E-state index in [1.807, 2.05) is 27.7 Å². The summed E-state index contributed by atoms with van der Waals surface area (Å²) < 4.78 is 56.7. The summed E-state index contributed by atoms with van der Waals surface area (Å²) in [6.07, 6.45) is 1.35. The Kier molecular flexibility index (Phi) is 1.77. The van der Waals surface area contributed by atoms with Gasteiger partial charge >= 0.3 is 7.12 Å². The van der Waals surface area contributed by atoms with Crippen LogP contribution in [0.3, 0.4) is 0 Å². The lowest BCUT2D eigenvalue weighted by molar-refractivity contribution is 0.00578. The Bertz CT molecular complexity index is 587. The molecule has 0 bridgehead atoms. The molecule has 1 saturated heterocycles. The highest BCUT2D eigenvalue weighted by molar-refractivity contribution is 6.62. The molecule has 18 heavy (non-hydrogen) atoms. The third-order valence-electron chi connectivity index (χ3n) is 3.52. The van der Waals surface area contributed by atoms with Gasteiger partial charge in [-0.2, -0.15) is 0 Å². The van der Waals surface area contributed by atoms with Crippen LogP contribution in [0.15, 0.2) is 18.3 Å². The quantitative estimate of drug-likeness (QED) is 0.748. The number of hydrogen-bond acceptors (Lipinski definition) is 4. The van der Waals surface area contributed by atoms with Crippen molar-refractivity contribution in [3.05, 3.63) is 18.3 Å². The Balaban J connectivity index is 2.40. The molecule has 0 atom stereocenters. The van der Waals surface area contributed by atoms with Gasteiger partial charge in [-0.05, 0) is 45.3 Å². The molecule has 0 saturated carbocycles. The van der Waals surface area contributed by atoms with Crippen LogP contribution in [0.4, 0.5) is 5.82 Å². The Labute approximate surface area is 118 Å². The number of aromatic nitrogens is 1. The van der Waals surface area contributed by atoms with Crippen molar-refractivity contribution in [3.63, 3.8) is 0 Å². The minimum atomic E-state index is -2.85. The predicted molar refractivity (Wildman–Crippen MR) is 74.3 cm³/mol. The van der Waals surface area contributed by atoms with Crippen molar-refractivity contribution >= 4 is 18.4 Å². The van der Waals surface area contributed by atoms with Gasteiger partial charge in [0.15, 0.2) is 0 Å². The lowest BCUT2D eigenvalue weighted by Gasteiger charge is -2.32. The highest BCUT2D eigenvalue weighted by Crippen LogP contribution is 2.36. The lowest BCUT2D eigenvalue weighted by Crippen LogP contribution is -2.41. The maximum Gasteiger partial charge on any atom is 0.495 e. The molecule has 0 N–H and O–H groups in total. The van der Waals surface area contributed by atoms with Crippen molar-refractivity contribution in [2.45, 2.75) is 38.9 Å². The van der Waals surface area contributed by atoms with Crippen molar-refractivity contribution in [2.24, 2.45) is 0 Å². The third kappa shape index (κ3) is 2.25. The minimum absolute atomic E-state index is 0.179. The fourth-order valence-electron chi connectivity index (χ4n) is 1.68. The molecule has 1 aromatic rings. The molecule has 1 aromatic heterocycles. The number of pyridine rings is 1. The second kappa shape index (κ2) is 4.25. The second-order valence-corrected chi connectivity index (χ2v) is 5.37. The molecule has 0 aliphatic carbocycles. The van der Waals surface area contributed by atoms with Gasteiger partial charge in [-0.15, -0.1) is 0 Å². The first kappa shape index (κ1) is 7.51. The van der Waals surface area contributed by atoms with E-state index in [0.29, 0.717) is 10.4 Å². The second-order valence-electron chi connectivity index (χ2n) is 5.37. The maximum absolute atomic E-state index is 7.48. The maximum atomic E-state index is 7.48. The lowest BCUT2D eigenvalue weighted by atomic mass is 9.80. The molecule has 1 aliphatic heterocycles. The largest absolute Gasteiger partial charge is 0.495 e. The van der Waals surface area contributed by atoms with Crippen LogP contribution in [0, 0.1) is 0 Å². The molecule has 0 spiro atoms. The number of nitrogens with zero attached hydrogens (tertiary/aromatic N) is 2. The standard InChI is InChI=1S/C13H21BN2O2/c1-12(2)13(3,4)18-14(17-12)10-7-8-15-11(9-10)16(5)6/h7-9H,1-6H3/i5D3,6D3. The highest BCUT2D eigenvalue weighted by Gasteiger charge is 2.51. The molecule has 2 heterocycles. The topological polar surface area (TPSA) is 34.6 Å². The molecule has 0 amide bonds. The zero-order valence-electron chi connectivity index (χ0n) is 17.0. The zero-order valence-corrected chi connectivity index (χ0v) is 11.0. The normalized spacial score (nSPS) is 27.4. The van der Waals surface area contributed by atoms with Crippen LogP contribution in [0.2, 0.25) is 0 Å². The number of hydrogen-bond donors (Lipinski definition) is 0. The van der Waals surface area contributed by atoms with E-state index in [-0.39, 0.29) is 5.82 Å². The molecule has 0 radical (unpaired) electrons. The SMILES string of the molecule is [2H]C([2H])([2H])N(c1cc(B2OC(C)(C)C(C)(C)O2)ccn1)C([2H])([2H])[2H]. The Morgan fingerprint density at radius 3 is 2.39 bits per heavy atom. The molecular weight excluding hydrogens is 227 g/mol. The number of rotatable bonds is 2. The average molecular weight is 254 g/mol. The summed E-state index contributed by atoms with van der Waals surface area (Å²) in [6.45, 7) is 1.87. The summed E-state index contributed by atoms with van der Waals surface area (Å²) in [5.74, 6) is -0.179. The van der Waals surface area contributed by atoms with Gasteiger partial charge in [0.05, 0.1) is 11.2 Å². The van der Waals surface area contributed by atoms with Gasteiger partial charge in [0, 0.05) is 28.4 Å². The van der Waals surface area contributed by atoms with Crippen molar-refractivity contribution in [2.75, 3.05) is 18.9 Å². The van der Waals surface area contributed by atoms with E-state index in [0.717, 1.165) is 0 Å². The highest BCUT2D eigenvalue weighted by atomic mass is 16.7. The summed E-state index contributed by atoms with van der Waals surface area (Å²) >= 11 is 0. The van der Waals surface area contributed by atoms with Crippen molar-refractivity contribution in [3.8, 4) is 0 Å². The summed E-state index contributed by atoms with van der Waals surface area (Å²) in [4.78, 5) is 4.25. The van der Waals surface area contributed by atoms with Crippen LogP contribution in [-0.2, 0) is 9.31 Å². The fourth-order valence-corrected chi connectivity index (χ4v) is 1.68. The third-order valence-corrected chi connectivity index (χ3v) is 3.52. The van der Waals surface area contributed by atoms with E-state index in [9.17, 15) is 0 Å². The Hall–Kier alpha value is -1.07. The van der Waals surface area contributed by atoms with Crippen molar-refractivity contribution < 1.29 is 17.5 Å². The van der Waals surface area contributed by atoms with Gasteiger partial charge in [-0.1, -0.05) is 0 Å². The van der Waals surface area contributed by atoms with Gasteiger partial charge in [-0.25, -0.2) is 4.98 Å². The number of anilines is 1. The van der Waals surface area contributed by atoms with Gasteiger partial charge in [0.1, 0.15) is 5.82 Å². The fraction of sp³-hybridized carbons (Fsp3) is 0.615. The van der Waals surface area contributed by atoms with E-state index in [4.69, 9.17) is 17.5 Å². The van der Waals surface area contributed by atoms with Gasteiger partial charge in [0.25, 0.3) is 0 Å². The molecule has 0 unspecified atom stereocenters. The predicted octanol–water partition coefficient (Wildman–Crippen LogP) is 1.45. The van der Waals surface area contributed by atoms with E-state index >= 15 is 0 Å². The van der Waals surface area contributed by atoms with E-state index in [2.05, 4.69) is 4.98 Å². The minimum Gasteiger partial charge on any atom is -0.399 e. The monoisotopic (exact) mass is 254 g/mol. The summed E-state index contributed by atoms with van der Waals surface area (Å²) in [5.41, 5.74) is -0.610. The van der Waals surface area contributed by atoms with Crippen LogP contribution < -0.4 is 10.4 Å². The summed E-state index contributed by atoms with van der Waals surface area (Å²) in [6, 6.07) is 2.99. The Morgan fingerprint density at radius 1 is 1.22 bits per heavy atom. The van der Waals surface area contributed by atoms with Crippen LogP contribution >= 0.6 is 0 Å². The van der Waals surface area contributed by atoms with Crippen LogP contribution in [-0.4, -0.2) is 37.3 Å². The van der Waals surface area contributed by atoms with E-state index in [1.54, 1.807) is 6.07 Å². The molecular formula is C13H21BN2O2. The van der Waals surface area contributed by atoms with Crippen LogP contribution in [0.25, 0.3) is 0 Å². The van der Waals surface area contributed by atoms with E-state index < -0.39 is 32.3 Å². The molecule has 4 nitrogen and oxygen atoms in total.